The number of nitrogens with one attached hydrogen (secondary N) is 1. The van der Waals surface area contributed by atoms with Crippen molar-refractivity contribution in [1.29, 1.82) is 0 Å². The number of hydrogen-bond acceptors (Lipinski definition) is 4. The smallest absolute Gasteiger partial charge is 0.246 e. The number of likely N-dealkylation sites (tertiary alicyclic amines) is 1. The van der Waals surface area contributed by atoms with E-state index in [1.165, 1.54) is 0 Å². The lowest BCUT2D eigenvalue weighted by molar-refractivity contribution is -0.134. The maximum atomic E-state index is 12.3. The van der Waals surface area contributed by atoms with Gasteiger partial charge >= 0.3 is 0 Å². The van der Waals surface area contributed by atoms with Gasteiger partial charge in [0.25, 0.3) is 0 Å². The zero-order valence-corrected chi connectivity index (χ0v) is 11.6. The molecule has 7 heteroatoms. The molecule has 0 spiro atoms. The first kappa shape index (κ1) is 13.1. The molecule has 1 aromatic rings. The van der Waals surface area contributed by atoms with Gasteiger partial charge in [0.1, 0.15) is 13.2 Å². The monoisotopic (exact) mass is 278 g/mol. The van der Waals surface area contributed by atoms with Gasteiger partial charge in [0.15, 0.2) is 0 Å². The average molecular weight is 278 g/mol. The van der Waals surface area contributed by atoms with E-state index in [4.69, 9.17) is 4.74 Å². The summed E-state index contributed by atoms with van der Waals surface area (Å²) < 4.78 is 7.15. The molecule has 3 heterocycles. The second-order valence-corrected chi connectivity index (χ2v) is 5.41. The lowest BCUT2D eigenvalue weighted by atomic mass is 10.2. The van der Waals surface area contributed by atoms with Crippen LogP contribution in [0.1, 0.15) is 11.4 Å². The Morgan fingerprint density at radius 1 is 1.50 bits per heavy atom. The molecule has 0 saturated carbocycles. The normalized spacial score (nSPS) is 25.5. The Labute approximate surface area is 116 Å². The molecule has 2 aliphatic rings. The first-order chi connectivity index (χ1) is 9.52. The van der Waals surface area contributed by atoms with Crippen LogP contribution < -0.4 is 5.32 Å². The molecule has 20 heavy (non-hydrogen) atoms. The molecule has 0 radical (unpaired) electrons. The van der Waals surface area contributed by atoms with Gasteiger partial charge in [-0.05, 0) is 19.9 Å². The van der Waals surface area contributed by atoms with Crippen LogP contribution in [0.5, 0.6) is 0 Å². The summed E-state index contributed by atoms with van der Waals surface area (Å²) in [6.07, 6.45) is -0.0860. The molecule has 2 atom stereocenters. The fourth-order valence-electron chi connectivity index (χ4n) is 2.78. The highest BCUT2D eigenvalue weighted by Gasteiger charge is 2.39. The van der Waals surface area contributed by atoms with Gasteiger partial charge < -0.3 is 15.0 Å². The lowest BCUT2D eigenvalue weighted by Gasteiger charge is -2.24. The van der Waals surface area contributed by atoms with Crippen molar-refractivity contribution in [2.45, 2.75) is 32.5 Å². The van der Waals surface area contributed by atoms with Gasteiger partial charge in [0.2, 0.25) is 11.8 Å². The van der Waals surface area contributed by atoms with Crippen LogP contribution in [0.2, 0.25) is 0 Å². The molecule has 2 amide bonds. The second kappa shape index (κ2) is 4.90. The number of ether oxygens (including phenoxy) is 1. The molecule has 1 aromatic heterocycles. The Balaban J connectivity index is 1.64. The van der Waals surface area contributed by atoms with E-state index in [2.05, 4.69) is 10.4 Å². The topological polar surface area (TPSA) is 76.5 Å². The van der Waals surface area contributed by atoms with Crippen molar-refractivity contribution in [2.75, 3.05) is 19.7 Å². The summed E-state index contributed by atoms with van der Waals surface area (Å²) in [4.78, 5) is 25.3. The highest BCUT2D eigenvalue weighted by atomic mass is 16.5. The van der Waals surface area contributed by atoms with Crippen molar-refractivity contribution in [3.05, 3.63) is 17.5 Å². The van der Waals surface area contributed by atoms with Crippen LogP contribution in [-0.4, -0.2) is 58.3 Å². The number of hydrogen-bond donors (Lipinski definition) is 1. The van der Waals surface area contributed by atoms with Crippen molar-refractivity contribution in [3.63, 3.8) is 0 Å². The van der Waals surface area contributed by atoms with E-state index in [9.17, 15) is 9.59 Å². The van der Waals surface area contributed by atoms with E-state index in [1.54, 1.807) is 9.58 Å². The summed E-state index contributed by atoms with van der Waals surface area (Å²) in [5.74, 6) is -0.109. The lowest BCUT2D eigenvalue weighted by Crippen LogP contribution is -2.50. The Morgan fingerprint density at radius 2 is 2.30 bits per heavy atom. The quantitative estimate of drug-likeness (QED) is 0.770. The number of nitrogens with zero attached hydrogens (tertiary/aromatic N) is 3. The van der Waals surface area contributed by atoms with Gasteiger partial charge in [-0.25, -0.2) is 0 Å². The number of fused-ring (bicyclic) bond motifs is 1. The summed E-state index contributed by atoms with van der Waals surface area (Å²) in [7, 11) is 0. The molecule has 0 bridgehead atoms. The molecule has 0 unspecified atom stereocenters. The maximum absolute atomic E-state index is 12.3. The third kappa shape index (κ3) is 2.40. The summed E-state index contributed by atoms with van der Waals surface area (Å²) in [6.45, 7) is 5.19. The fraction of sp³-hybridized carbons (Fsp3) is 0.615. The predicted molar refractivity (Wildman–Crippen MR) is 70.0 cm³/mol. The number of carbonyl (C=O) groups is 2. The van der Waals surface area contributed by atoms with E-state index >= 15 is 0 Å². The zero-order valence-electron chi connectivity index (χ0n) is 11.6. The molecule has 3 rings (SSSR count). The Morgan fingerprint density at radius 3 is 3.00 bits per heavy atom. The van der Waals surface area contributed by atoms with Crippen molar-refractivity contribution in [2.24, 2.45) is 0 Å². The summed E-state index contributed by atoms with van der Waals surface area (Å²) in [6, 6.07) is 1.86. The molecule has 2 saturated heterocycles. The van der Waals surface area contributed by atoms with Gasteiger partial charge in [0.05, 0.1) is 17.8 Å². The predicted octanol–water partition coefficient (Wildman–Crippen LogP) is -0.774. The summed E-state index contributed by atoms with van der Waals surface area (Å²) in [5.41, 5.74) is 1.87. The van der Waals surface area contributed by atoms with Crippen LogP contribution in [0.3, 0.4) is 0 Å². The number of morpholine rings is 1. The van der Waals surface area contributed by atoms with Crippen LogP contribution in [0, 0.1) is 13.8 Å². The zero-order chi connectivity index (χ0) is 14.3. The molecule has 2 fully saturated rings. The van der Waals surface area contributed by atoms with Gasteiger partial charge in [-0.1, -0.05) is 0 Å². The van der Waals surface area contributed by atoms with Crippen molar-refractivity contribution in [3.8, 4) is 0 Å². The third-order valence-electron chi connectivity index (χ3n) is 3.78. The van der Waals surface area contributed by atoms with Crippen molar-refractivity contribution < 1.29 is 14.3 Å². The van der Waals surface area contributed by atoms with Gasteiger partial charge in [0, 0.05) is 18.8 Å². The van der Waals surface area contributed by atoms with E-state index in [0.717, 1.165) is 11.4 Å². The molecule has 108 valence electrons. The molecule has 2 aliphatic heterocycles. The molecule has 1 N–H and O–H groups in total. The van der Waals surface area contributed by atoms with Crippen LogP contribution in [0.15, 0.2) is 6.07 Å². The molecular weight excluding hydrogens is 260 g/mol. The summed E-state index contributed by atoms with van der Waals surface area (Å²) in [5, 5.41) is 7.15. The van der Waals surface area contributed by atoms with Gasteiger partial charge in [-0.2, -0.15) is 5.10 Å². The molecular formula is C13H18N4O3. The van der Waals surface area contributed by atoms with E-state index in [1.807, 2.05) is 19.9 Å². The number of carbonyl (C=O) groups excluding carboxylic acids is 2. The van der Waals surface area contributed by atoms with Crippen molar-refractivity contribution >= 4 is 11.8 Å². The van der Waals surface area contributed by atoms with Crippen LogP contribution >= 0.6 is 0 Å². The van der Waals surface area contributed by atoms with Crippen LogP contribution in [-0.2, 0) is 20.9 Å². The summed E-state index contributed by atoms with van der Waals surface area (Å²) >= 11 is 0. The van der Waals surface area contributed by atoms with E-state index in [0.29, 0.717) is 13.1 Å². The standard InChI is InChI=1S/C13H18N4O3/c1-8-3-9(2)17(15-8)6-13(19)16-4-10-11(5-16)20-7-12(18)14-10/h3,10-11H,4-7H2,1-2H3,(H,14,18)/t10-,11-/m0/s1. The average Bonchev–Trinajstić information content (AvgIpc) is 2.92. The van der Waals surface area contributed by atoms with Crippen LogP contribution in [0.4, 0.5) is 0 Å². The first-order valence-corrected chi connectivity index (χ1v) is 6.73. The number of rotatable bonds is 2. The third-order valence-corrected chi connectivity index (χ3v) is 3.78. The molecule has 0 aliphatic carbocycles. The van der Waals surface area contributed by atoms with E-state index < -0.39 is 0 Å². The minimum absolute atomic E-state index is 0.00319. The highest BCUT2D eigenvalue weighted by molar-refractivity contribution is 5.80. The number of aromatic nitrogens is 2. The number of amides is 2. The molecule has 7 nitrogen and oxygen atoms in total. The van der Waals surface area contributed by atoms with Gasteiger partial charge in [-0.15, -0.1) is 0 Å². The van der Waals surface area contributed by atoms with Gasteiger partial charge in [-0.3, -0.25) is 14.3 Å². The minimum atomic E-state index is -0.112. The first-order valence-electron chi connectivity index (χ1n) is 6.73. The Hall–Kier alpha value is -1.89. The second-order valence-electron chi connectivity index (χ2n) is 5.41. The Kier molecular flexibility index (Phi) is 3.21. The largest absolute Gasteiger partial charge is 0.364 e. The van der Waals surface area contributed by atoms with Crippen LogP contribution in [0.25, 0.3) is 0 Å². The highest BCUT2D eigenvalue weighted by Crippen LogP contribution is 2.17. The minimum Gasteiger partial charge on any atom is -0.364 e. The Bertz CT molecular complexity index is 554. The van der Waals surface area contributed by atoms with E-state index in [-0.39, 0.29) is 37.1 Å². The molecule has 0 aromatic carbocycles. The number of aryl methyl sites for hydroxylation is 2. The van der Waals surface area contributed by atoms with Crippen molar-refractivity contribution in [1.82, 2.24) is 20.0 Å². The fourth-order valence-corrected chi connectivity index (χ4v) is 2.78. The maximum Gasteiger partial charge on any atom is 0.246 e. The SMILES string of the molecule is Cc1cc(C)n(CC(=O)N2C[C@@H]3NC(=O)CO[C@H]3C2)n1.